The van der Waals surface area contributed by atoms with Crippen LogP contribution in [-0.4, -0.2) is 29.9 Å². The summed E-state index contributed by atoms with van der Waals surface area (Å²) in [5.41, 5.74) is 0. The van der Waals surface area contributed by atoms with Gasteiger partial charge in [-0.3, -0.25) is 4.79 Å². The molecule has 0 spiro atoms. The second kappa shape index (κ2) is 3.79. The summed E-state index contributed by atoms with van der Waals surface area (Å²) in [4.78, 5) is 11.6. The molecule has 0 aliphatic carbocycles. The highest BCUT2D eigenvalue weighted by Crippen LogP contribution is 2.26. The minimum Gasteiger partial charge on any atom is -0.313 e. The molecule has 12 heavy (non-hydrogen) atoms. The average molecular weight is 185 g/mol. The number of fused-ring (bicyclic) bond motifs is 1. The van der Waals surface area contributed by atoms with E-state index in [9.17, 15) is 4.79 Å². The third-order valence-corrected chi connectivity index (χ3v) is 3.90. The Morgan fingerprint density at radius 3 is 3.33 bits per heavy atom. The maximum atomic E-state index is 11.6. The van der Waals surface area contributed by atoms with Crippen LogP contribution in [0.1, 0.15) is 19.3 Å². The van der Waals surface area contributed by atoms with Crippen molar-refractivity contribution in [3.8, 4) is 0 Å². The van der Waals surface area contributed by atoms with E-state index in [0.717, 1.165) is 25.1 Å². The zero-order valence-electron chi connectivity index (χ0n) is 7.21. The molecule has 0 saturated carbocycles. The first-order valence-electron chi connectivity index (χ1n) is 4.72. The molecule has 0 aromatic carbocycles. The summed E-state index contributed by atoms with van der Waals surface area (Å²) < 4.78 is 0. The first kappa shape index (κ1) is 8.57. The summed E-state index contributed by atoms with van der Waals surface area (Å²) in [6.45, 7) is 1.04. The lowest BCUT2D eigenvalue weighted by atomic mass is 9.94. The molecule has 0 bridgehead atoms. The van der Waals surface area contributed by atoms with Gasteiger partial charge in [0.2, 0.25) is 0 Å². The van der Waals surface area contributed by atoms with Crippen LogP contribution in [-0.2, 0) is 4.79 Å². The Morgan fingerprint density at radius 2 is 2.42 bits per heavy atom. The molecule has 2 unspecified atom stereocenters. The van der Waals surface area contributed by atoms with Gasteiger partial charge in [-0.15, -0.1) is 0 Å². The number of hydrogen-bond acceptors (Lipinski definition) is 3. The van der Waals surface area contributed by atoms with Gasteiger partial charge in [0.15, 0.2) is 0 Å². The summed E-state index contributed by atoms with van der Waals surface area (Å²) in [7, 11) is 0. The van der Waals surface area contributed by atoms with Crippen LogP contribution < -0.4 is 5.32 Å². The summed E-state index contributed by atoms with van der Waals surface area (Å²) in [6.07, 6.45) is 3.02. The van der Waals surface area contributed by atoms with E-state index in [-0.39, 0.29) is 0 Å². The van der Waals surface area contributed by atoms with Crippen molar-refractivity contribution in [3.63, 3.8) is 0 Å². The lowest BCUT2D eigenvalue weighted by Gasteiger charge is -2.28. The van der Waals surface area contributed by atoms with Crippen molar-refractivity contribution in [2.45, 2.75) is 25.3 Å². The third-order valence-electron chi connectivity index (χ3n) is 2.78. The first-order chi connectivity index (χ1) is 5.88. The maximum absolute atomic E-state index is 11.6. The van der Waals surface area contributed by atoms with Gasteiger partial charge in [-0.1, -0.05) is 0 Å². The van der Waals surface area contributed by atoms with Gasteiger partial charge >= 0.3 is 0 Å². The van der Waals surface area contributed by atoms with E-state index in [4.69, 9.17) is 0 Å². The molecule has 2 aliphatic rings. The Morgan fingerprint density at radius 1 is 1.50 bits per heavy atom. The van der Waals surface area contributed by atoms with Crippen molar-refractivity contribution in [3.05, 3.63) is 0 Å². The molecule has 2 rings (SSSR count). The van der Waals surface area contributed by atoms with Gasteiger partial charge in [-0.2, -0.15) is 11.8 Å². The topological polar surface area (TPSA) is 29.1 Å². The highest BCUT2D eigenvalue weighted by molar-refractivity contribution is 7.99. The predicted octanol–water partition coefficient (Wildman–Crippen LogP) is 1.06. The maximum Gasteiger partial charge on any atom is 0.138 e. The average Bonchev–Trinajstić information content (AvgIpc) is 2.29. The summed E-state index contributed by atoms with van der Waals surface area (Å²) >= 11 is 1.93. The second-order valence-electron chi connectivity index (χ2n) is 3.60. The molecule has 2 atom stereocenters. The van der Waals surface area contributed by atoms with Crippen LogP contribution in [0.3, 0.4) is 0 Å². The Balaban J connectivity index is 2.06. The lowest BCUT2D eigenvalue weighted by molar-refractivity contribution is -0.122. The van der Waals surface area contributed by atoms with E-state index >= 15 is 0 Å². The summed E-state index contributed by atoms with van der Waals surface area (Å²) in [5, 5.41) is 3.48. The molecule has 0 aromatic rings. The molecule has 2 fully saturated rings. The van der Waals surface area contributed by atoms with Crippen molar-refractivity contribution < 1.29 is 4.79 Å². The van der Waals surface area contributed by atoms with Crippen LogP contribution in [0.4, 0.5) is 0 Å². The minimum absolute atomic E-state index is 0.325. The van der Waals surface area contributed by atoms with Gasteiger partial charge in [0, 0.05) is 24.1 Å². The monoisotopic (exact) mass is 185 g/mol. The Bertz CT molecular complexity index is 183. The van der Waals surface area contributed by atoms with Crippen LogP contribution in [0.2, 0.25) is 0 Å². The lowest BCUT2D eigenvalue weighted by Crippen LogP contribution is -2.42. The molecule has 2 saturated heterocycles. The molecule has 0 amide bonds. The predicted molar refractivity (Wildman–Crippen MR) is 51.5 cm³/mol. The van der Waals surface area contributed by atoms with E-state index in [0.29, 0.717) is 17.7 Å². The van der Waals surface area contributed by atoms with Crippen LogP contribution >= 0.6 is 11.8 Å². The number of rotatable bonds is 0. The number of carbonyl (C=O) groups excluding carboxylic acids is 1. The van der Waals surface area contributed by atoms with Crippen molar-refractivity contribution in [2.75, 3.05) is 18.1 Å². The molecule has 2 aliphatic heterocycles. The van der Waals surface area contributed by atoms with Gasteiger partial charge in [0.25, 0.3) is 0 Å². The Kier molecular flexibility index (Phi) is 2.71. The molecule has 68 valence electrons. The van der Waals surface area contributed by atoms with Crippen molar-refractivity contribution in [1.29, 1.82) is 0 Å². The molecular formula is C9H15NOS. The zero-order valence-corrected chi connectivity index (χ0v) is 8.03. The second-order valence-corrected chi connectivity index (χ2v) is 4.75. The fourth-order valence-corrected chi connectivity index (χ4v) is 3.29. The van der Waals surface area contributed by atoms with E-state index in [1.807, 2.05) is 11.8 Å². The van der Waals surface area contributed by atoms with Gasteiger partial charge < -0.3 is 5.32 Å². The van der Waals surface area contributed by atoms with Gasteiger partial charge in [-0.05, 0) is 25.1 Å². The number of carbonyl (C=O) groups is 1. The number of ketones is 1. The first-order valence-corrected chi connectivity index (χ1v) is 5.87. The standard InChI is InChI=1S/C9H15NOS/c11-9-2-1-4-10-8-3-5-12-6-7(8)9/h7-8,10H,1-6H2. The van der Waals surface area contributed by atoms with E-state index in [1.54, 1.807) is 0 Å². The third kappa shape index (κ3) is 1.67. The Labute approximate surface area is 77.5 Å². The fourth-order valence-electron chi connectivity index (χ4n) is 2.04. The highest BCUT2D eigenvalue weighted by Gasteiger charge is 2.31. The number of nitrogens with one attached hydrogen (secondary N) is 1. The molecule has 0 aromatic heterocycles. The quantitative estimate of drug-likeness (QED) is 0.612. The van der Waals surface area contributed by atoms with Gasteiger partial charge in [0.05, 0.1) is 0 Å². The minimum atomic E-state index is 0.325. The zero-order chi connectivity index (χ0) is 8.39. The SMILES string of the molecule is O=C1CCCNC2CCSCC12. The van der Waals surface area contributed by atoms with Crippen LogP contribution in [0.15, 0.2) is 0 Å². The van der Waals surface area contributed by atoms with Crippen LogP contribution in [0, 0.1) is 5.92 Å². The number of Topliss-reactive ketones (excluding diaryl/α,β-unsaturated/α-hetero) is 1. The molecule has 2 nitrogen and oxygen atoms in total. The van der Waals surface area contributed by atoms with E-state index in [1.165, 1.54) is 12.2 Å². The Hall–Kier alpha value is -0.0200. The smallest absolute Gasteiger partial charge is 0.138 e. The van der Waals surface area contributed by atoms with Gasteiger partial charge in [0.1, 0.15) is 5.78 Å². The fraction of sp³-hybridized carbons (Fsp3) is 0.889. The van der Waals surface area contributed by atoms with Crippen molar-refractivity contribution in [1.82, 2.24) is 5.32 Å². The number of hydrogen-bond donors (Lipinski definition) is 1. The molecular weight excluding hydrogens is 170 g/mol. The van der Waals surface area contributed by atoms with E-state index in [2.05, 4.69) is 5.32 Å². The normalized spacial score (nSPS) is 37.2. The van der Waals surface area contributed by atoms with E-state index < -0.39 is 0 Å². The summed E-state index contributed by atoms with van der Waals surface area (Å²) in [5.74, 6) is 3.10. The van der Waals surface area contributed by atoms with Crippen LogP contribution in [0.5, 0.6) is 0 Å². The van der Waals surface area contributed by atoms with Crippen molar-refractivity contribution >= 4 is 17.5 Å². The molecule has 0 radical (unpaired) electrons. The van der Waals surface area contributed by atoms with Crippen LogP contribution in [0.25, 0.3) is 0 Å². The number of thioether (sulfide) groups is 1. The summed E-state index contributed by atoms with van der Waals surface area (Å²) in [6, 6.07) is 0.501. The highest BCUT2D eigenvalue weighted by atomic mass is 32.2. The van der Waals surface area contributed by atoms with Gasteiger partial charge in [-0.25, -0.2) is 0 Å². The molecule has 2 heterocycles. The molecule has 1 N–H and O–H groups in total. The van der Waals surface area contributed by atoms with Crippen molar-refractivity contribution in [2.24, 2.45) is 5.92 Å². The largest absolute Gasteiger partial charge is 0.313 e. The molecule has 3 heteroatoms.